The zero-order valence-corrected chi connectivity index (χ0v) is 57.0. The summed E-state index contributed by atoms with van der Waals surface area (Å²) in [6, 6.07) is 141. The van der Waals surface area contributed by atoms with Gasteiger partial charge in [0.1, 0.15) is 23.0 Å². The van der Waals surface area contributed by atoms with Crippen LogP contribution in [0.4, 0.5) is 51.2 Å². The maximum Gasteiger partial charge on any atom is 0.260 e. The van der Waals surface area contributed by atoms with Crippen molar-refractivity contribution < 1.29 is 9.47 Å². The van der Waals surface area contributed by atoms with Crippen LogP contribution in [0.2, 0.25) is 0 Å². The molecule has 0 fully saturated rings. The third kappa shape index (κ3) is 8.21. The number of fused-ring (bicyclic) bond motifs is 10. The van der Waals surface area contributed by atoms with E-state index >= 15 is 0 Å². The minimum Gasteiger partial charge on any atom is -0.458 e. The molecule has 5 nitrogen and oxygen atoms in total. The van der Waals surface area contributed by atoms with Crippen LogP contribution in [-0.2, 0) is 0 Å². The molecule has 0 unspecified atom stereocenters. The van der Waals surface area contributed by atoms with Crippen LogP contribution in [0.5, 0.6) is 23.0 Å². The minimum atomic E-state index is -2.95. The fraction of sp³-hybridized carbons (Fsp3) is 0. The van der Waals surface area contributed by atoms with Gasteiger partial charge in [-0.15, -0.1) is 0 Å². The number of para-hydroxylation sites is 6. The van der Waals surface area contributed by atoms with Crippen molar-refractivity contribution in [2.45, 2.75) is 0 Å². The summed E-state index contributed by atoms with van der Waals surface area (Å²) >= 11 is 0. The van der Waals surface area contributed by atoms with Gasteiger partial charge in [0.2, 0.25) is 0 Å². The lowest BCUT2D eigenvalue weighted by Crippen LogP contribution is -2.77. The number of hydrogen-bond acceptors (Lipinski definition) is 5. The summed E-state index contributed by atoms with van der Waals surface area (Å²) in [6.07, 6.45) is 0. The number of benzene rings is 15. The van der Waals surface area contributed by atoms with E-state index in [9.17, 15) is 0 Å². The Labute approximate surface area is 580 Å². The summed E-state index contributed by atoms with van der Waals surface area (Å²) < 4.78 is 15.4. The molecule has 5 heterocycles. The molecule has 0 saturated carbocycles. The Morgan fingerprint density at radius 2 is 0.414 bits per heavy atom. The van der Waals surface area contributed by atoms with Crippen molar-refractivity contribution in [2.75, 3.05) is 14.7 Å². The summed E-state index contributed by atoms with van der Waals surface area (Å²) in [5.74, 6) is 3.15. The molecule has 5 aliphatic rings. The molecule has 9 heteroatoms. The molecular weight excluding hydrogens is 1250 g/mol. The average Bonchev–Trinajstić information content (AvgIpc) is 0.708. The van der Waals surface area contributed by atoms with Crippen molar-refractivity contribution in [3.8, 4) is 23.0 Å². The first-order chi connectivity index (χ1) is 49.1. The van der Waals surface area contributed by atoms with Crippen LogP contribution in [0, 0.1) is 0 Å². The highest BCUT2D eigenvalue weighted by atomic mass is 28.3. The molecule has 15 aromatic carbocycles. The number of hydrogen-bond donors (Lipinski definition) is 0. The van der Waals surface area contributed by atoms with Crippen LogP contribution in [-0.4, -0.2) is 30.9 Å². The molecule has 99 heavy (non-hydrogen) atoms. The number of ether oxygens (including phenoxy) is 2. The lowest BCUT2D eigenvalue weighted by Gasteiger charge is -2.45. The van der Waals surface area contributed by atoms with Gasteiger partial charge in [0, 0.05) is 75.2 Å². The van der Waals surface area contributed by atoms with Gasteiger partial charge in [-0.3, -0.25) is 0 Å². The summed E-state index contributed by atoms with van der Waals surface area (Å²) in [7, 11) is -8.73. The van der Waals surface area contributed by atoms with Crippen molar-refractivity contribution in [1.82, 2.24) is 0 Å². The van der Waals surface area contributed by atoms with Gasteiger partial charge in [0.05, 0.1) is 5.69 Å². The Hall–Kier alpha value is -12.0. The van der Waals surface area contributed by atoms with Crippen LogP contribution in [0.15, 0.2) is 376 Å². The Balaban J connectivity index is 0.797. The van der Waals surface area contributed by atoms with E-state index in [0.29, 0.717) is 0 Å². The molecular formula is C90H62BN3O2Si3. The van der Waals surface area contributed by atoms with E-state index < -0.39 is 24.2 Å². The van der Waals surface area contributed by atoms with Gasteiger partial charge in [-0.25, -0.2) is 0 Å². The quantitative estimate of drug-likeness (QED) is 0.134. The van der Waals surface area contributed by atoms with E-state index in [1.807, 2.05) is 0 Å². The van der Waals surface area contributed by atoms with E-state index in [1.165, 1.54) is 85.0 Å². The Kier molecular flexibility index (Phi) is 13.1. The van der Waals surface area contributed by atoms with Crippen LogP contribution in [0.3, 0.4) is 0 Å². The molecule has 0 spiro atoms. The molecule has 0 saturated heterocycles. The highest BCUT2D eigenvalue weighted by Crippen LogP contribution is 2.48. The third-order valence-electron chi connectivity index (χ3n) is 21.7. The SMILES string of the molecule is c1ccc([Si]2(c3ccccc3)c3ccccc3N(c3ccc4c(c3)Oc3cc(N5c6ccccc6[Si](c6ccccc6)(c6ccccc6)c6ccccc65)cc5c3B4c3ccc(N4c6ccccc6[Si](c6ccccc6)(c6ccccc6)c6ccccc64)cc3O5)c3ccccc32)cc1. The largest absolute Gasteiger partial charge is 0.458 e. The first-order valence-corrected chi connectivity index (χ1v) is 40.3. The van der Waals surface area contributed by atoms with Crippen LogP contribution in [0.1, 0.15) is 0 Å². The molecule has 0 aliphatic carbocycles. The van der Waals surface area contributed by atoms with Crippen molar-refractivity contribution in [3.05, 3.63) is 376 Å². The topological polar surface area (TPSA) is 28.2 Å². The second kappa shape index (κ2) is 22.6. The second-order valence-electron chi connectivity index (χ2n) is 26.5. The summed E-state index contributed by atoms with van der Waals surface area (Å²) in [5, 5.41) is 16.1. The van der Waals surface area contributed by atoms with Crippen LogP contribution >= 0.6 is 0 Å². The first kappa shape index (κ1) is 57.3. The van der Waals surface area contributed by atoms with Gasteiger partial charge >= 0.3 is 0 Å². The molecule has 15 aromatic rings. The second-order valence-corrected chi connectivity index (χ2v) is 37.7. The van der Waals surface area contributed by atoms with Crippen molar-refractivity contribution in [3.63, 3.8) is 0 Å². The fourth-order valence-electron chi connectivity index (χ4n) is 17.9. The van der Waals surface area contributed by atoms with E-state index in [4.69, 9.17) is 9.47 Å². The molecule has 5 aliphatic heterocycles. The van der Waals surface area contributed by atoms with Gasteiger partial charge < -0.3 is 24.2 Å². The van der Waals surface area contributed by atoms with E-state index in [2.05, 4.69) is 391 Å². The van der Waals surface area contributed by atoms with Gasteiger partial charge in [0.25, 0.3) is 6.71 Å². The summed E-state index contributed by atoms with van der Waals surface area (Å²) in [6.45, 7) is -0.244. The number of anilines is 9. The van der Waals surface area contributed by atoms with E-state index in [1.54, 1.807) is 0 Å². The molecule has 0 N–H and O–H groups in total. The summed E-state index contributed by atoms with van der Waals surface area (Å²) in [4.78, 5) is 7.46. The third-order valence-corrected chi connectivity index (χ3v) is 36.3. The number of nitrogens with zero attached hydrogens (tertiary/aromatic N) is 3. The monoisotopic (exact) mass is 1310 g/mol. The van der Waals surface area contributed by atoms with Crippen molar-refractivity contribution in [2.24, 2.45) is 0 Å². The van der Waals surface area contributed by atoms with Crippen molar-refractivity contribution >= 4 is 161 Å². The zero-order valence-electron chi connectivity index (χ0n) is 54.0. The van der Waals surface area contributed by atoms with E-state index in [-0.39, 0.29) is 6.71 Å². The predicted molar refractivity (Wildman–Crippen MR) is 420 cm³/mol. The standard InChI is InChI=1S/C90H62BN3O2Si3/c1-7-31-66(32-8-1)97(67-33-9-2-10-34-67)84-49-25-19-43-74(84)92(75-44-20-26-50-85(75)97)63-55-57-72-80(59-63)95-82-61-65(94-78-47-23-29-53-88(78)99(70-39-15-5-16-40-70,71-41-17-6-18-42-71)89-54-30-24-48-79(89)94)62-83-90(82)91(72)73-58-56-64(60-81(73)96-83)93-76-45-21-27-51-86(76)98(68-35-11-3-12-36-68,69-37-13-4-14-38-69)87-52-28-22-46-77(87)93/h1-62H. The normalized spacial score (nSPS) is 14.8. The molecule has 0 radical (unpaired) electrons. The lowest BCUT2D eigenvalue weighted by molar-refractivity contribution is 0.465. The highest BCUT2D eigenvalue weighted by Gasteiger charge is 2.53. The lowest BCUT2D eigenvalue weighted by atomic mass is 9.35. The minimum absolute atomic E-state index is 0.244. The van der Waals surface area contributed by atoms with Gasteiger partial charge in [0.15, 0.2) is 24.2 Å². The predicted octanol–water partition coefficient (Wildman–Crippen LogP) is 11.9. The zero-order chi connectivity index (χ0) is 65.2. The van der Waals surface area contributed by atoms with Crippen molar-refractivity contribution in [1.29, 1.82) is 0 Å². The maximum absolute atomic E-state index is 7.68. The smallest absolute Gasteiger partial charge is 0.260 e. The highest BCUT2D eigenvalue weighted by molar-refractivity contribution is 7.23. The molecule has 0 bridgehead atoms. The molecule has 0 amide bonds. The summed E-state index contributed by atoms with van der Waals surface area (Å²) in [5.41, 5.74) is 13.1. The Morgan fingerprint density at radius 1 is 0.202 bits per heavy atom. The van der Waals surface area contributed by atoms with Crippen LogP contribution in [0.25, 0.3) is 0 Å². The fourth-order valence-corrected chi connectivity index (χ4v) is 33.2. The van der Waals surface area contributed by atoms with E-state index in [0.717, 1.165) is 67.8 Å². The Morgan fingerprint density at radius 3 is 0.667 bits per heavy atom. The Bertz CT molecular complexity index is 5170. The average molecular weight is 1310 g/mol. The molecule has 20 rings (SSSR count). The van der Waals surface area contributed by atoms with Gasteiger partial charge in [-0.2, -0.15) is 0 Å². The first-order valence-electron chi connectivity index (χ1n) is 34.3. The van der Waals surface area contributed by atoms with Crippen LogP contribution < -0.4 is 103 Å². The van der Waals surface area contributed by atoms with Gasteiger partial charge in [-0.1, -0.05) is 303 Å². The number of rotatable bonds is 9. The molecule has 464 valence electrons. The molecule has 0 aromatic heterocycles. The molecule has 0 atom stereocenters. The van der Waals surface area contributed by atoms with Gasteiger partial charge in [-0.05, 0) is 122 Å². The maximum atomic E-state index is 7.68.